The van der Waals surface area contributed by atoms with Gasteiger partial charge in [-0.05, 0) is 40.9 Å². The Kier molecular flexibility index (Phi) is 2.79. The lowest BCUT2D eigenvalue weighted by atomic mass is 9.97. The number of fused-ring (bicyclic) bond motifs is 3. The molecule has 2 aliphatic heterocycles. The van der Waals surface area contributed by atoms with E-state index >= 15 is 0 Å². The number of halogens is 1. The number of hydrogen-bond acceptors (Lipinski definition) is 4. The van der Waals surface area contributed by atoms with Crippen LogP contribution in [-0.4, -0.2) is 34.2 Å². The van der Waals surface area contributed by atoms with Gasteiger partial charge in [0.1, 0.15) is 5.52 Å². The van der Waals surface area contributed by atoms with E-state index in [1.165, 1.54) is 0 Å². The van der Waals surface area contributed by atoms with Gasteiger partial charge in [-0.1, -0.05) is 6.07 Å². The summed E-state index contributed by atoms with van der Waals surface area (Å²) in [6, 6.07) is 5.99. The van der Waals surface area contributed by atoms with Gasteiger partial charge in [0.05, 0.1) is 17.3 Å². The van der Waals surface area contributed by atoms with Gasteiger partial charge in [-0.25, -0.2) is 4.98 Å². The maximum atomic E-state index is 5.74. The average Bonchev–Trinajstić information content (AvgIpc) is 2.78. The Hall–Kier alpha value is -1.04. The monoisotopic (exact) mass is 319 g/mol. The van der Waals surface area contributed by atoms with Crippen molar-refractivity contribution in [2.75, 3.05) is 13.1 Å². The Bertz CT molecular complexity index is 621. The molecule has 19 heavy (non-hydrogen) atoms. The fourth-order valence-electron chi connectivity index (χ4n) is 2.96. The quantitative estimate of drug-likeness (QED) is 0.810. The average molecular weight is 320 g/mol. The van der Waals surface area contributed by atoms with E-state index in [9.17, 15) is 0 Å². The van der Waals surface area contributed by atoms with E-state index in [1.807, 2.05) is 24.4 Å². The third kappa shape index (κ3) is 2.06. The van der Waals surface area contributed by atoms with Gasteiger partial charge in [0, 0.05) is 29.7 Å². The highest BCUT2D eigenvalue weighted by Gasteiger charge is 2.35. The van der Waals surface area contributed by atoms with E-state index in [0.29, 0.717) is 12.0 Å². The van der Waals surface area contributed by atoms with E-state index in [0.717, 1.165) is 47.1 Å². The third-order valence-electron chi connectivity index (χ3n) is 3.93. The number of nitrogens with zero attached hydrogens (tertiary/aromatic N) is 3. The fourth-order valence-corrected chi connectivity index (χ4v) is 3.40. The van der Waals surface area contributed by atoms with Crippen molar-refractivity contribution < 1.29 is 4.84 Å². The SMILES string of the molecule is Brc1cccc2ncc(C3CC4CCN(C3)O4)nc12. The molecule has 2 aromatic rings. The summed E-state index contributed by atoms with van der Waals surface area (Å²) in [5, 5.41) is 2.07. The number of aromatic nitrogens is 2. The summed E-state index contributed by atoms with van der Waals surface area (Å²) >= 11 is 3.55. The molecule has 0 radical (unpaired) electrons. The molecule has 0 saturated carbocycles. The van der Waals surface area contributed by atoms with Crippen molar-refractivity contribution in [3.63, 3.8) is 0 Å². The van der Waals surface area contributed by atoms with Crippen LogP contribution >= 0.6 is 15.9 Å². The normalized spacial score (nSPS) is 29.8. The first-order valence-corrected chi connectivity index (χ1v) is 7.42. The summed E-state index contributed by atoms with van der Waals surface area (Å²) in [6.07, 6.45) is 4.49. The van der Waals surface area contributed by atoms with E-state index in [2.05, 4.69) is 26.0 Å². The molecule has 2 saturated heterocycles. The predicted molar refractivity (Wildman–Crippen MR) is 75.7 cm³/mol. The van der Waals surface area contributed by atoms with Crippen LogP contribution < -0.4 is 0 Å². The molecule has 2 fully saturated rings. The smallest absolute Gasteiger partial charge is 0.103 e. The second-order valence-corrected chi connectivity index (χ2v) is 6.09. The van der Waals surface area contributed by atoms with E-state index < -0.39 is 0 Å². The van der Waals surface area contributed by atoms with Crippen LogP contribution in [-0.2, 0) is 4.84 Å². The fraction of sp³-hybridized carbons (Fsp3) is 0.429. The summed E-state index contributed by atoms with van der Waals surface area (Å²) in [7, 11) is 0. The Balaban J connectivity index is 1.73. The van der Waals surface area contributed by atoms with Crippen LogP contribution in [0.2, 0.25) is 0 Å². The van der Waals surface area contributed by atoms with Gasteiger partial charge in [-0.2, -0.15) is 5.06 Å². The van der Waals surface area contributed by atoms with Gasteiger partial charge in [-0.3, -0.25) is 9.82 Å². The first-order chi connectivity index (χ1) is 9.29. The molecular weight excluding hydrogens is 306 g/mol. The van der Waals surface area contributed by atoms with E-state index in [1.54, 1.807) is 0 Å². The Morgan fingerprint density at radius 3 is 3.21 bits per heavy atom. The molecule has 2 aliphatic rings. The topological polar surface area (TPSA) is 38.2 Å². The van der Waals surface area contributed by atoms with Crippen LogP contribution in [0.3, 0.4) is 0 Å². The van der Waals surface area contributed by atoms with Crippen molar-refractivity contribution >= 4 is 27.0 Å². The molecule has 0 amide bonds. The minimum atomic E-state index is 0.371. The standard InChI is InChI=1S/C14H14BrN3O/c15-11-2-1-3-12-14(11)17-13(7-16-12)9-6-10-4-5-18(8-9)19-10/h1-3,7,9-10H,4-6,8H2. The second kappa shape index (κ2) is 4.51. The third-order valence-corrected chi connectivity index (χ3v) is 4.57. The lowest BCUT2D eigenvalue weighted by Gasteiger charge is -2.29. The molecule has 1 aromatic carbocycles. The molecule has 3 atom stereocenters. The molecule has 0 N–H and O–H groups in total. The van der Waals surface area contributed by atoms with Gasteiger partial charge in [0.2, 0.25) is 0 Å². The van der Waals surface area contributed by atoms with Crippen LogP contribution in [0.25, 0.3) is 11.0 Å². The van der Waals surface area contributed by atoms with Crippen LogP contribution in [0.15, 0.2) is 28.9 Å². The predicted octanol–water partition coefficient (Wildman–Crippen LogP) is 2.89. The first kappa shape index (κ1) is 11.8. The van der Waals surface area contributed by atoms with Crippen molar-refractivity contribution in [3.8, 4) is 0 Å². The summed E-state index contributed by atoms with van der Waals surface area (Å²) in [5.74, 6) is 0.435. The van der Waals surface area contributed by atoms with Crippen molar-refractivity contribution in [2.24, 2.45) is 0 Å². The molecular formula is C14H14BrN3O. The highest BCUT2D eigenvalue weighted by Crippen LogP contribution is 2.34. The van der Waals surface area contributed by atoms with E-state index in [4.69, 9.17) is 9.82 Å². The molecule has 2 bridgehead atoms. The van der Waals surface area contributed by atoms with Gasteiger partial charge < -0.3 is 0 Å². The summed E-state index contributed by atoms with van der Waals surface area (Å²) in [4.78, 5) is 15.1. The van der Waals surface area contributed by atoms with Crippen molar-refractivity contribution in [3.05, 3.63) is 34.6 Å². The van der Waals surface area contributed by atoms with Gasteiger partial charge in [0.25, 0.3) is 0 Å². The molecule has 98 valence electrons. The lowest BCUT2D eigenvalue weighted by Crippen LogP contribution is -2.32. The summed E-state index contributed by atoms with van der Waals surface area (Å²) in [5.41, 5.74) is 2.97. The Labute approximate surface area is 119 Å². The largest absolute Gasteiger partial charge is 0.296 e. The molecule has 0 aliphatic carbocycles. The van der Waals surface area contributed by atoms with Crippen molar-refractivity contribution in [1.82, 2.24) is 15.0 Å². The maximum Gasteiger partial charge on any atom is 0.103 e. The van der Waals surface area contributed by atoms with Crippen LogP contribution in [0.4, 0.5) is 0 Å². The minimum Gasteiger partial charge on any atom is -0.296 e. The van der Waals surface area contributed by atoms with Gasteiger partial charge in [0.15, 0.2) is 0 Å². The molecule has 5 heteroatoms. The molecule has 3 heterocycles. The van der Waals surface area contributed by atoms with Crippen molar-refractivity contribution in [1.29, 1.82) is 0 Å². The molecule has 4 rings (SSSR count). The zero-order valence-corrected chi connectivity index (χ0v) is 12.0. The number of benzene rings is 1. The van der Waals surface area contributed by atoms with Crippen LogP contribution in [0, 0.1) is 0 Å². The molecule has 1 aromatic heterocycles. The lowest BCUT2D eigenvalue weighted by molar-refractivity contribution is -0.175. The van der Waals surface area contributed by atoms with Gasteiger partial charge in [-0.15, -0.1) is 0 Å². The molecule has 4 nitrogen and oxygen atoms in total. The van der Waals surface area contributed by atoms with Crippen LogP contribution in [0.1, 0.15) is 24.5 Å². The Morgan fingerprint density at radius 2 is 2.32 bits per heavy atom. The Morgan fingerprint density at radius 1 is 1.37 bits per heavy atom. The number of rotatable bonds is 1. The highest BCUT2D eigenvalue weighted by atomic mass is 79.9. The van der Waals surface area contributed by atoms with Crippen LogP contribution in [0.5, 0.6) is 0 Å². The number of hydroxylamine groups is 2. The van der Waals surface area contributed by atoms with Gasteiger partial charge >= 0.3 is 0 Å². The zero-order valence-electron chi connectivity index (χ0n) is 10.4. The van der Waals surface area contributed by atoms with E-state index in [-0.39, 0.29) is 0 Å². The summed E-state index contributed by atoms with van der Waals surface area (Å²) < 4.78 is 1.01. The minimum absolute atomic E-state index is 0.371. The summed E-state index contributed by atoms with van der Waals surface area (Å²) in [6.45, 7) is 1.98. The highest BCUT2D eigenvalue weighted by molar-refractivity contribution is 9.10. The molecule has 0 spiro atoms. The molecule has 3 unspecified atom stereocenters. The first-order valence-electron chi connectivity index (χ1n) is 6.62. The maximum absolute atomic E-state index is 5.74. The van der Waals surface area contributed by atoms with Crippen molar-refractivity contribution in [2.45, 2.75) is 24.9 Å². The number of hydrogen-bond donors (Lipinski definition) is 0. The second-order valence-electron chi connectivity index (χ2n) is 5.24. The zero-order chi connectivity index (χ0) is 12.8. The number of para-hydroxylation sites is 1.